The molecule has 0 fully saturated rings. The summed E-state index contributed by atoms with van der Waals surface area (Å²) in [5, 5.41) is 0. The van der Waals surface area contributed by atoms with Crippen molar-refractivity contribution in [3.8, 4) is 5.75 Å². The second-order valence-corrected chi connectivity index (χ2v) is 2.92. The molecule has 15 heavy (non-hydrogen) atoms. The summed E-state index contributed by atoms with van der Waals surface area (Å²) in [4.78, 5) is 11.2. The van der Waals surface area contributed by atoms with E-state index in [0.717, 1.165) is 0 Å². The molecule has 0 atom stereocenters. The van der Waals surface area contributed by atoms with Crippen molar-refractivity contribution in [1.29, 1.82) is 0 Å². The van der Waals surface area contributed by atoms with Gasteiger partial charge >= 0.3 is 5.97 Å². The third-order valence-electron chi connectivity index (χ3n) is 1.91. The predicted molar refractivity (Wildman–Crippen MR) is 57.5 cm³/mol. The quantitative estimate of drug-likeness (QED) is 0.431. The molecule has 0 unspecified atom stereocenters. The van der Waals surface area contributed by atoms with Crippen LogP contribution in [0.1, 0.15) is 13.3 Å². The van der Waals surface area contributed by atoms with Crippen LogP contribution in [0.3, 0.4) is 0 Å². The highest BCUT2D eigenvalue weighted by Crippen LogP contribution is 2.11. The highest BCUT2D eigenvalue weighted by molar-refractivity contribution is 5.87. The van der Waals surface area contributed by atoms with Crippen LogP contribution in [0.4, 0.5) is 0 Å². The molecule has 0 radical (unpaired) electrons. The number of hydrogen-bond donors (Lipinski definition) is 0. The van der Waals surface area contributed by atoms with Crippen LogP contribution in [0, 0.1) is 0 Å². The molecule has 0 bridgehead atoms. The fourth-order valence-corrected chi connectivity index (χ4v) is 1.05. The number of esters is 1. The van der Waals surface area contributed by atoms with Gasteiger partial charge in [-0.2, -0.15) is 0 Å². The average molecular weight is 206 g/mol. The molecule has 0 heterocycles. The highest BCUT2D eigenvalue weighted by Gasteiger charge is 2.06. The van der Waals surface area contributed by atoms with E-state index in [1.165, 1.54) is 13.4 Å². The molecule has 3 nitrogen and oxygen atoms in total. The lowest BCUT2D eigenvalue weighted by Gasteiger charge is -2.03. The highest BCUT2D eigenvalue weighted by atomic mass is 16.5. The summed E-state index contributed by atoms with van der Waals surface area (Å²) in [6.45, 7) is 1.87. The van der Waals surface area contributed by atoms with E-state index in [4.69, 9.17) is 4.74 Å². The van der Waals surface area contributed by atoms with Gasteiger partial charge in [-0.05, 0) is 18.6 Å². The van der Waals surface area contributed by atoms with Gasteiger partial charge in [-0.15, -0.1) is 0 Å². The standard InChI is InChI=1S/C12H14O3/c1-3-10(12(13)14-2)9-15-11-7-5-4-6-8-11/h4-9H,3H2,1-2H3/b10-9+. The van der Waals surface area contributed by atoms with Crippen LogP contribution < -0.4 is 4.74 Å². The number of carbonyl (C=O) groups excluding carboxylic acids is 1. The van der Waals surface area contributed by atoms with Crippen molar-refractivity contribution < 1.29 is 14.3 Å². The Bertz CT molecular complexity index is 341. The summed E-state index contributed by atoms with van der Waals surface area (Å²) in [5.74, 6) is 0.348. The van der Waals surface area contributed by atoms with Gasteiger partial charge in [0, 0.05) is 0 Å². The molecule has 0 aliphatic carbocycles. The van der Waals surface area contributed by atoms with Crippen LogP contribution in [0.15, 0.2) is 42.2 Å². The van der Waals surface area contributed by atoms with Gasteiger partial charge in [0.25, 0.3) is 0 Å². The van der Waals surface area contributed by atoms with Gasteiger partial charge in [0.15, 0.2) is 0 Å². The number of benzene rings is 1. The summed E-state index contributed by atoms with van der Waals surface area (Å²) in [6, 6.07) is 9.28. The molecule has 0 aliphatic rings. The zero-order valence-corrected chi connectivity index (χ0v) is 8.90. The molecule has 0 saturated carbocycles. The summed E-state index contributed by atoms with van der Waals surface area (Å²) in [6.07, 6.45) is 2.01. The minimum Gasteiger partial charge on any atom is -0.466 e. The van der Waals surface area contributed by atoms with E-state index in [0.29, 0.717) is 17.7 Å². The summed E-state index contributed by atoms with van der Waals surface area (Å²) < 4.78 is 9.92. The SMILES string of the molecule is CC/C(=C\Oc1ccccc1)C(=O)OC. The van der Waals surface area contributed by atoms with Crippen LogP contribution >= 0.6 is 0 Å². The number of rotatable bonds is 4. The Balaban J connectivity index is 2.67. The first-order valence-corrected chi connectivity index (χ1v) is 4.77. The van der Waals surface area contributed by atoms with Crippen molar-refractivity contribution in [2.24, 2.45) is 0 Å². The summed E-state index contributed by atoms with van der Waals surface area (Å²) in [7, 11) is 1.36. The smallest absolute Gasteiger partial charge is 0.336 e. The second-order valence-electron chi connectivity index (χ2n) is 2.92. The van der Waals surface area contributed by atoms with Crippen LogP contribution in [-0.2, 0) is 9.53 Å². The van der Waals surface area contributed by atoms with Crippen LogP contribution in [0.2, 0.25) is 0 Å². The van der Waals surface area contributed by atoms with E-state index in [2.05, 4.69) is 4.74 Å². The molecule has 0 aliphatic heterocycles. The topological polar surface area (TPSA) is 35.5 Å². The third kappa shape index (κ3) is 3.46. The molecule has 1 aromatic rings. The van der Waals surface area contributed by atoms with Gasteiger partial charge < -0.3 is 9.47 Å². The summed E-state index contributed by atoms with van der Waals surface area (Å²) >= 11 is 0. The van der Waals surface area contributed by atoms with E-state index >= 15 is 0 Å². The molecular formula is C12H14O3. The molecule has 80 valence electrons. The fourth-order valence-electron chi connectivity index (χ4n) is 1.05. The van der Waals surface area contributed by atoms with E-state index in [1.807, 2.05) is 37.3 Å². The van der Waals surface area contributed by atoms with E-state index < -0.39 is 0 Å². The van der Waals surface area contributed by atoms with Gasteiger partial charge in [0.05, 0.1) is 12.7 Å². The maximum absolute atomic E-state index is 11.2. The van der Waals surface area contributed by atoms with E-state index in [9.17, 15) is 4.79 Å². The number of carbonyl (C=O) groups is 1. The lowest BCUT2D eigenvalue weighted by atomic mass is 10.2. The minimum absolute atomic E-state index is 0.353. The van der Waals surface area contributed by atoms with Gasteiger partial charge in [-0.1, -0.05) is 25.1 Å². The first kappa shape index (κ1) is 11.3. The van der Waals surface area contributed by atoms with Crippen molar-refractivity contribution in [2.45, 2.75) is 13.3 Å². The van der Waals surface area contributed by atoms with Gasteiger partial charge in [-0.25, -0.2) is 4.79 Å². The number of hydrogen-bond acceptors (Lipinski definition) is 3. The monoisotopic (exact) mass is 206 g/mol. The molecule has 1 aromatic carbocycles. The maximum Gasteiger partial charge on any atom is 0.336 e. The van der Waals surface area contributed by atoms with Crippen molar-refractivity contribution in [2.75, 3.05) is 7.11 Å². The largest absolute Gasteiger partial charge is 0.466 e. The van der Waals surface area contributed by atoms with Crippen LogP contribution in [0.25, 0.3) is 0 Å². The first-order chi connectivity index (χ1) is 7.27. The predicted octanol–water partition coefficient (Wildman–Crippen LogP) is 2.53. The Morgan fingerprint density at radius 2 is 2.00 bits per heavy atom. The Kier molecular flexibility index (Phi) is 4.41. The van der Waals surface area contributed by atoms with Crippen molar-refractivity contribution in [3.05, 3.63) is 42.2 Å². The maximum atomic E-state index is 11.2. The molecule has 3 heteroatoms. The van der Waals surface area contributed by atoms with Gasteiger partial charge in [-0.3, -0.25) is 0 Å². The number of para-hydroxylation sites is 1. The van der Waals surface area contributed by atoms with Crippen molar-refractivity contribution in [3.63, 3.8) is 0 Å². The summed E-state index contributed by atoms with van der Waals surface area (Å²) in [5.41, 5.74) is 0.515. The lowest BCUT2D eigenvalue weighted by Crippen LogP contribution is -2.05. The minimum atomic E-state index is -0.353. The van der Waals surface area contributed by atoms with Crippen molar-refractivity contribution >= 4 is 5.97 Å². The number of ether oxygens (including phenoxy) is 2. The van der Waals surface area contributed by atoms with Crippen LogP contribution in [0.5, 0.6) is 5.75 Å². The molecule has 0 spiro atoms. The Morgan fingerprint density at radius 1 is 1.33 bits per heavy atom. The van der Waals surface area contributed by atoms with Crippen LogP contribution in [-0.4, -0.2) is 13.1 Å². The normalized spacial score (nSPS) is 10.9. The molecular weight excluding hydrogens is 192 g/mol. The Labute approximate surface area is 89.3 Å². The van der Waals surface area contributed by atoms with E-state index in [1.54, 1.807) is 0 Å². The van der Waals surface area contributed by atoms with Crippen molar-refractivity contribution in [1.82, 2.24) is 0 Å². The zero-order chi connectivity index (χ0) is 11.1. The molecule has 0 aromatic heterocycles. The molecule has 1 rings (SSSR count). The van der Waals surface area contributed by atoms with Gasteiger partial charge in [0.1, 0.15) is 12.0 Å². The lowest BCUT2D eigenvalue weighted by molar-refractivity contribution is -0.136. The third-order valence-corrected chi connectivity index (χ3v) is 1.91. The number of methoxy groups -OCH3 is 1. The second kappa shape index (κ2) is 5.86. The Hall–Kier alpha value is -1.77. The molecule has 0 saturated heterocycles. The first-order valence-electron chi connectivity index (χ1n) is 4.77. The Morgan fingerprint density at radius 3 is 2.53 bits per heavy atom. The van der Waals surface area contributed by atoms with Gasteiger partial charge in [0.2, 0.25) is 0 Å². The molecule has 0 amide bonds. The van der Waals surface area contributed by atoms with E-state index in [-0.39, 0.29) is 5.97 Å². The molecule has 0 N–H and O–H groups in total. The fraction of sp³-hybridized carbons (Fsp3) is 0.250. The zero-order valence-electron chi connectivity index (χ0n) is 8.90. The average Bonchev–Trinajstić information content (AvgIpc) is 2.31.